The average molecular weight is 384 g/mol. The molecule has 4 rings (SSSR count). The molecule has 2 aliphatic heterocycles. The number of rotatable bonds is 2. The van der Waals surface area contributed by atoms with Gasteiger partial charge in [0.1, 0.15) is 0 Å². The van der Waals surface area contributed by atoms with E-state index in [9.17, 15) is 4.79 Å². The number of hydrogen-bond donors (Lipinski definition) is 0. The summed E-state index contributed by atoms with van der Waals surface area (Å²) in [5.74, 6) is -0.147. The molecule has 1 saturated heterocycles. The summed E-state index contributed by atoms with van der Waals surface area (Å²) in [5.41, 5.74) is 2.16. The number of nitrogens with zero attached hydrogens (tertiary/aromatic N) is 3. The van der Waals surface area contributed by atoms with Crippen LogP contribution in [0.4, 0.5) is 5.69 Å². The van der Waals surface area contributed by atoms with Crippen molar-refractivity contribution >= 4 is 46.2 Å². The van der Waals surface area contributed by atoms with E-state index >= 15 is 0 Å². The lowest BCUT2D eigenvalue weighted by Gasteiger charge is -2.36. The molecule has 0 spiro atoms. The number of aliphatic imine (C=N–C) groups is 1. The lowest BCUT2D eigenvalue weighted by atomic mass is 10.2. The van der Waals surface area contributed by atoms with Crippen LogP contribution >= 0.6 is 23.4 Å². The molecule has 0 atom stereocenters. The van der Waals surface area contributed by atoms with Crippen LogP contribution in [0.25, 0.3) is 6.08 Å². The molecule has 26 heavy (non-hydrogen) atoms. The molecule has 2 aliphatic rings. The fourth-order valence-corrected chi connectivity index (χ4v) is 4.21. The van der Waals surface area contributed by atoms with Crippen LogP contribution in [0.15, 0.2) is 64.5 Å². The summed E-state index contributed by atoms with van der Waals surface area (Å²) in [4.78, 5) is 21.7. The number of anilines is 1. The Morgan fingerprint density at radius 3 is 2.42 bits per heavy atom. The fourth-order valence-electron chi connectivity index (χ4n) is 3.06. The Kier molecular flexibility index (Phi) is 5.00. The van der Waals surface area contributed by atoms with E-state index in [-0.39, 0.29) is 5.91 Å². The molecular weight excluding hydrogens is 366 g/mol. The van der Waals surface area contributed by atoms with Gasteiger partial charge < -0.3 is 9.80 Å². The minimum absolute atomic E-state index is 0.147. The molecule has 0 aliphatic carbocycles. The van der Waals surface area contributed by atoms with Crippen molar-refractivity contribution in [3.05, 3.63) is 70.1 Å². The second kappa shape index (κ2) is 7.56. The Bertz CT molecular complexity index is 874. The lowest BCUT2D eigenvalue weighted by Crippen LogP contribution is -2.47. The third kappa shape index (κ3) is 3.79. The van der Waals surface area contributed by atoms with Gasteiger partial charge in [0.25, 0.3) is 5.91 Å². The summed E-state index contributed by atoms with van der Waals surface area (Å²) in [6.45, 7) is 3.44. The van der Waals surface area contributed by atoms with E-state index in [0.717, 1.165) is 47.6 Å². The predicted octanol–water partition coefficient (Wildman–Crippen LogP) is 4.13. The monoisotopic (exact) mass is 383 g/mol. The van der Waals surface area contributed by atoms with Gasteiger partial charge in [-0.15, -0.1) is 0 Å². The molecule has 0 saturated carbocycles. The van der Waals surface area contributed by atoms with Gasteiger partial charge in [-0.1, -0.05) is 48.0 Å². The second-order valence-electron chi connectivity index (χ2n) is 6.17. The van der Waals surface area contributed by atoms with Gasteiger partial charge in [-0.05, 0) is 41.6 Å². The lowest BCUT2D eigenvalue weighted by molar-refractivity contribution is -0.113. The van der Waals surface area contributed by atoms with E-state index in [1.54, 1.807) is 0 Å². The fraction of sp³-hybridized carbons (Fsp3) is 0.200. The maximum atomic E-state index is 12.2. The van der Waals surface area contributed by atoms with Crippen molar-refractivity contribution in [3.8, 4) is 0 Å². The largest absolute Gasteiger partial charge is 0.368 e. The van der Waals surface area contributed by atoms with Crippen LogP contribution in [0, 0.1) is 0 Å². The van der Waals surface area contributed by atoms with Crippen LogP contribution in [0.3, 0.4) is 0 Å². The molecule has 2 heterocycles. The molecule has 0 bridgehead atoms. The van der Waals surface area contributed by atoms with E-state index in [1.807, 2.05) is 54.6 Å². The highest BCUT2D eigenvalue weighted by Gasteiger charge is 2.28. The van der Waals surface area contributed by atoms with Crippen molar-refractivity contribution in [2.45, 2.75) is 0 Å². The summed E-state index contributed by atoms with van der Waals surface area (Å²) in [6.07, 6.45) is 1.91. The molecule has 0 radical (unpaired) electrons. The van der Waals surface area contributed by atoms with Crippen molar-refractivity contribution in [2.24, 2.45) is 4.99 Å². The highest BCUT2D eigenvalue weighted by molar-refractivity contribution is 8.18. The van der Waals surface area contributed by atoms with Crippen LogP contribution in [-0.4, -0.2) is 42.2 Å². The van der Waals surface area contributed by atoms with Gasteiger partial charge in [-0.3, -0.25) is 4.79 Å². The normalized spacial score (nSPS) is 19.2. The predicted molar refractivity (Wildman–Crippen MR) is 110 cm³/mol. The van der Waals surface area contributed by atoms with Crippen LogP contribution in [0.5, 0.6) is 0 Å². The van der Waals surface area contributed by atoms with Crippen molar-refractivity contribution in [3.63, 3.8) is 0 Å². The van der Waals surface area contributed by atoms with Crippen LogP contribution in [0.1, 0.15) is 5.56 Å². The van der Waals surface area contributed by atoms with Crippen molar-refractivity contribution in [2.75, 3.05) is 31.1 Å². The molecule has 1 fully saturated rings. The smallest absolute Gasteiger partial charge is 0.286 e. The first kappa shape index (κ1) is 17.2. The van der Waals surface area contributed by atoms with Crippen LogP contribution in [0.2, 0.25) is 5.02 Å². The number of thioether (sulfide) groups is 1. The summed E-state index contributed by atoms with van der Waals surface area (Å²) >= 11 is 7.56. The SMILES string of the molecule is O=C1N=C(N2CCN(c3cccc(Cl)c3)CC2)S/C1=C\c1ccccc1. The number of amidine groups is 1. The first-order chi connectivity index (χ1) is 12.7. The number of carbonyl (C=O) groups is 1. The van der Waals surface area contributed by atoms with Gasteiger partial charge in [0.2, 0.25) is 0 Å². The zero-order valence-corrected chi connectivity index (χ0v) is 15.7. The maximum Gasteiger partial charge on any atom is 0.286 e. The standard InChI is InChI=1S/C20H18ClN3OS/c21-16-7-4-8-17(14-16)23-9-11-24(12-10-23)20-22-19(25)18(26-20)13-15-5-2-1-3-6-15/h1-8,13-14H,9-12H2/b18-13-. The Morgan fingerprint density at radius 1 is 0.962 bits per heavy atom. The molecule has 1 amide bonds. The molecule has 0 N–H and O–H groups in total. The molecule has 2 aromatic rings. The highest BCUT2D eigenvalue weighted by Crippen LogP contribution is 2.31. The number of piperazine rings is 1. The van der Waals surface area contributed by atoms with E-state index in [0.29, 0.717) is 4.91 Å². The molecule has 4 nitrogen and oxygen atoms in total. The molecule has 0 aromatic heterocycles. The third-order valence-electron chi connectivity index (χ3n) is 4.43. The topological polar surface area (TPSA) is 35.9 Å². The number of amides is 1. The zero-order valence-electron chi connectivity index (χ0n) is 14.1. The Hall–Kier alpha value is -2.24. The molecule has 132 valence electrons. The third-order valence-corrected chi connectivity index (χ3v) is 5.71. The average Bonchev–Trinajstić information content (AvgIpc) is 3.03. The maximum absolute atomic E-state index is 12.2. The Morgan fingerprint density at radius 2 is 1.69 bits per heavy atom. The number of halogens is 1. The quantitative estimate of drug-likeness (QED) is 0.730. The van der Waals surface area contributed by atoms with Crippen molar-refractivity contribution in [1.29, 1.82) is 0 Å². The van der Waals surface area contributed by atoms with Crippen LogP contribution in [-0.2, 0) is 4.79 Å². The van der Waals surface area contributed by atoms with Gasteiger partial charge >= 0.3 is 0 Å². The van der Waals surface area contributed by atoms with Gasteiger partial charge in [0, 0.05) is 36.9 Å². The van der Waals surface area contributed by atoms with Crippen LogP contribution < -0.4 is 4.90 Å². The first-order valence-corrected chi connectivity index (χ1v) is 9.71. The zero-order chi connectivity index (χ0) is 17.9. The number of benzene rings is 2. The Labute approximate surface area is 162 Å². The van der Waals surface area contributed by atoms with E-state index in [4.69, 9.17) is 11.6 Å². The van der Waals surface area contributed by atoms with Gasteiger partial charge in [-0.25, -0.2) is 0 Å². The van der Waals surface area contributed by atoms with E-state index in [2.05, 4.69) is 20.9 Å². The summed E-state index contributed by atoms with van der Waals surface area (Å²) < 4.78 is 0. The van der Waals surface area contributed by atoms with E-state index < -0.39 is 0 Å². The molecule has 6 heteroatoms. The van der Waals surface area contributed by atoms with Crippen molar-refractivity contribution < 1.29 is 4.79 Å². The summed E-state index contributed by atoms with van der Waals surface area (Å²) in [7, 11) is 0. The Balaban J connectivity index is 1.40. The second-order valence-corrected chi connectivity index (χ2v) is 7.62. The molecule has 0 unspecified atom stereocenters. The van der Waals surface area contributed by atoms with Gasteiger partial charge in [0.15, 0.2) is 5.17 Å². The van der Waals surface area contributed by atoms with Gasteiger partial charge in [0.05, 0.1) is 4.91 Å². The first-order valence-electron chi connectivity index (χ1n) is 8.52. The minimum Gasteiger partial charge on any atom is -0.368 e. The minimum atomic E-state index is -0.147. The van der Waals surface area contributed by atoms with Gasteiger partial charge in [-0.2, -0.15) is 4.99 Å². The van der Waals surface area contributed by atoms with Crippen molar-refractivity contribution in [1.82, 2.24) is 4.90 Å². The molecular formula is C20H18ClN3OS. The number of carbonyl (C=O) groups excluding carboxylic acids is 1. The van der Waals surface area contributed by atoms with E-state index in [1.165, 1.54) is 11.8 Å². The number of hydrogen-bond acceptors (Lipinski definition) is 4. The summed E-state index contributed by atoms with van der Waals surface area (Å²) in [5, 5.41) is 1.56. The summed E-state index contributed by atoms with van der Waals surface area (Å²) in [6, 6.07) is 17.8. The molecule has 2 aromatic carbocycles. The highest BCUT2D eigenvalue weighted by atomic mass is 35.5.